The summed E-state index contributed by atoms with van der Waals surface area (Å²) in [6, 6.07) is 8.67. The molecule has 1 aliphatic rings. The van der Waals surface area contributed by atoms with Crippen LogP contribution in [-0.2, 0) is 13.0 Å². The Balaban J connectivity index is 1.86. The van der Waals surface area contributed by atoms with Gasteiger partial charge >= 0.3 is 6.18 Å². The van der Waals surface area contributed by atoms with Crippen molar-refractivity contribution in [3.8, 4) is 0 Å². The predicted octanol–water partition coefficient (Wildman–Crippen LogP) is 2.94. The van der Waals surface area contributed by atoms with Crippen LogP contribution < -0.4 is 10.6 Å². The maximum atomic E-state index is 12.3. The normalized spacial score (nSPS) is 17.1. The molecule has 0 aromatic heterocycles. The number of alkyl halides is 3. The van der Waals surface area contributed by atoms with Crippen molar-refractivity contribution in [3.63, 3.8) is 0 Å². The van der Waals surface area contributed by atoms with Crippen LogP contribution in [0.25, 0.3) is 0 Å². The Morgan fingerprint density at radius 3 is 2.64 bits per heavy atom. The van der Waals surface area contributed by atoms with Crippen LogP contribution in [0, 0.1) is 0 Å². The first-order valence-electron chi connectivity index (χ1n) is 8.79. The van der Waals surface area contributed by atoms with Crippen LogP contribution in [0.3, 0.4) is 0 Å². The molecule has 1 aromatic carbocycles. The maximum Gasteiger partial charge on any atom is 0.390 e. The van der Waals surface area contributed by atoms with Crippen molar-refractivity contribution in [2.45, 2.75) is 45.5 Å². The Morgan fingerprint density at radius 1 is 1.24 bits per heavy atom. The van der Waals surface area contributed by atoms with E-state index in [0.717, 1.165) is 19.5 Å². The van der Waals surface area contributed by atoms with Gasteiger partial charge in [-0.05, 0) is 31.4 Å². The number of nitrogens with zero attached hydrogens (tertiary/aromatic N) is 2. The molecule has 7 heteroatoms. The molecule has 2 rings (SSSR count). The summed E-state index contributed by atoms with van der Waals surface area (Å²) < 4.78 is 36.8. The maximum absolute atomic E-state index is 12.3. The van der Waals surface area contributed by atoms with E-state index in [0.29, 0.717) is 19.0 Å². The molecule has 0 radical (unpaired) electrons. The van der Waals surface area contributed by atoms with Gasteiger partial charge in [-0.1, -0.05) is 24.3 Å². The Bertz CT molecular complexity index is 572. The third-order valence-electron chi connectivity index (χ3n) is 4.34. The molecule has 1 heterocycles. The van der Waals surface area contributed by atoms with Crippen molar-refractivity contribution in [3.05, 3.63) is 35.4 Å². The molecule has 0 aliphatic carbocycles. The van der Waals surface area contributed by atoms with E-state index in [-0.39, 0.29) is 12.6 Å². The Kier molecular flexibility index (Phi) is 7.11. The average molecular weight is 356 g/mol. The number of halogens is 3. The summed E-state index contributed by atoms with van der Waals surface area (Å²) in [5, 5.41) is 5.75. The first kappa shape index (κ1) is 19.6. The van der Waals surface area contributed by atoms with Gasteiger partial charge < -0.3 is 10.6 Å². The molecule has 0 bridgehead atoms. The minimum Gasteiger partial charge on any atom is -0.357 e. The molecule has 0 spiro atoms. The standard InChI is InChI=1S/C18H27F3N4/c1-3-22-17(23-10-9-18(19,20)21)24-12-14(2)25-11-8-15-6-4-5-7-16(15)13-25/h4-7,14H,3,8-13H2,1-2H3,(H2,22,23,24). The zero-order valence-electron chi connectivity index (χ0n) is 14.9. The van der Waals surface area contributed by atoms with Gasteiger partial charge in [0.15, 0.2) is 5.96 Å². The molecule has 2 N–H and O–H groups in total. The van der Waals surface area contributed by atoms with E-state index >= 15 is 0 Å². The highest BCUT2D eigenvalue weighted by Gasteiger charge is 2.26. The summed E-state index contributed by atoms with van der Waals surface area (Å²) in [6.45, 7) is 6.87. The minimum absolute atomic E-state index is 0.166. The number of aliphatic imine (C=N–C) groups is 1. The highest BCUT2D eigenvalue weighted by molar-refractivity contribution is 5.79. The van der Waals surface area contributed by atoms with E-state index in [1.807, 2.05) is 6.92 Å². The minimum atomic E-state index is -4.15. The van der Waals surface area contributed by atoms with Crippen LogP contribution in [0.4, 0.5) is 13.2 Å². The van der Waals surface area contributed by atoms with Gasteiger partial charge in [0.05, 0.1) is 13.0 Å². The predicted molar refractivity (Wildman–Crippen MR) is 94.7 cm³/mol. The van der Waals surface area contributed by atoms with Crippen LogP contribution >= 0.6 is 0 Å². The average Bonchev–Trinajstić information content (AvgIpc) is 2.58. The first-order chi connectivity index (χ1) is 11.9. The Morgan fingerprint density at radius 2 is 1.96 bits per heavy atom. The number of rotatable bonds is 6. The lowest BCUT2D eigenvalue weighted by Gasteiger charge is -2.33. The van der Waals surface area contributed by atoms with Crippen molar-refractivity contribution in [2.75, 3.05) is 26.2 Å². The fraction of sp³-hybridized carbons (Fsp3) is 0.611. The molecule has 0 fully saturated rings. The monoisotopic (exact) mass is 356 g/mol. The van der Waals surface area contributed by atoms with Crippen LogP contribution in [0.1, 0.15) is 31.4 Å². The lowest BCUT2D eigenvalue weighted by molar-refractivity contribution is -0.132. The molecule has 140 valence electrons. The topological polar surface area (TPSA) is 39.7 Å². The van der Waals surface area contributed by atoms with Gasteiger partial charge in [0.2, 0.25) is 0 Å². The third-order valence-corrected chi connectivity index (χ3v) is 4.34. The first-order valence-corrected chi connectivity index (χ1v) is 8.79. The molecular weight excluding hydrogens is 329 g/mol. The molecule has 1 atom stereocenters. The lowest BCUT2D eigenvalue weighted by Crippen LogP contribution is -2.42. The summed E-state index contributed by atoms with van der Waals surface area (Å²) >= 11 is 0. The Hall–Kier alpha value is -1.76. The number of nitrogens with one attached hydrogen (secondary N) is 2. The summed E-state index contributed by atoms with van der Waals surface area (Å²) in [4.78, 5) is 6.82. The van der Waals surface area contributed by atoms with E-state index in [9.17, 15) is 13.2 Å². The SMILES string of the molecule is CCNC(=NCC(C)N1CCc2ccccc2C1)NCCC(F)(F)F. The van der Waals surface area contributed by atoms with Gasteiger partial charge in [-0.25, -0.2) is 0 Å². The number of hydrogen-bond acceptors (Lipinski definition) is 2. The summed E-state index contributed by atoms with van der Waals surface area (Å²) in [5.41, 5.74) is 2.75. The van der Waals surface area contributed by atoms with Gasteiger partial charge in [0, 0.05) is 32.2 Å². The van der Waals surface area contributed by atoms with E-state index in [4.69, 9.17) is 0 Å². The van der Waals surface area contributed by atoms with Gasteiger partial charge in [0.1, 0.15) is 0 Å². The molecule has 1 aromatic rings. The lowest BCUT2D eigenvalue weighted by atomic mass is 9.99. The fourth-order valence-corrected chi connectivity index (χ4v) is 2.90. The van der Waals surface area contributed by atoms with Crippen LogP contribution in [0.15, 0.2) is 29.3 Å². The van der Waals surface area contributed by atoms with Crippen LogP contribution in [0.2, 0.25) is 0 Å². The molecule has 25 heavy (non-hydrogen) atoms. The summed E-state index contributed by atoms with van der Waals surface area (Å²) in [5.74, 6) is 0.441. The molecule has 0 saturated carbocycles. The second-order valence-corrected chi connectivity index (χ2v) is 6.35. The van der Waals surface area contributed by atoms with Crippen molar-refractivity contribution < 1.29 is 13.2 Å². The second-order valence-electron chi connectivity index (χ2n) is 6.35. The molecule has 1 aliphatic heterocycles. The molecule has 0 saturated heterocycles. The van der Waals surface area contributed by atoms with Gasteiger partial charge in [-0.3, -0.25) is 9.89 Å². The van der Waals surface area contributed by atoms with Gasteiger partial charge in [-0.15, -0.1) is 0 Å². The van der Waals surface area contributed by atoms with Crippen LogP contribution in [-0.4, -0.2) is 49.3 Å². The third kappa shape index (κ3) is 6.57. The molecule has 1 unspecified atom stereocenters. The zero-order chi connectivity index (χ0) is 18.3. The number of guanidine groups is 1. The van der Waals surface area contributed by atoms with E-state index in [2.05, 4.69) is 51.7 Å². The van der Waals surface area contributed by atoms with Crippen molar-refractivity contribution >= 4 is 5.96 Å². The quantitative estimate of drug-likeness (QED) is 0.608. The highest BCUT2D eigenvalue weighted by Crippen LogP contribution is 2.20. The largest absolute Gasteiger partial charge is 0.390 e. The van der Waals surface area contributed by atoms with Crippen molar-refractivity contribution in [1.29, 1.82) is 0 Å². The zero-order valence-corrected chi connectivity index (χ0v) is 14.9. The van der Waals surface area contributed by atoms with E-state index in [1.54, 1.807) is 0 Å². The van der Waals surface area contributed by atoms with Crippen molar-refractivity contribution in [2.24, 2.45) is 4.99 Å². The highest BCUT2D eigenvalue weighted by atomic mass is 19.4. The number of benzene rings is 1. The van der Waals surface area contributed by atoms with Crippen molar-refractivity contribution in [1.82, 2.24) is 15.5 Å². The van der Waals surface area contributed by atoms with E-state index in [1.165, 1.54) is 11.1 Å². The van der Waals surface area contributed by atoms with Crippen LogP contribution in [0.5, 0.6) is 0 Å². The molecule has 4 nitrogen and oxygen atoms in total. The number of fused-ring (bicyclic) bond motifs is 1. The van der Waals surface area contributed by atoms with Gasteiger partial charge in [0.25, 0.3) is 0 Å². The summed E-state index contributed by atoms with van der Waals surface area (Å²) in [6.07, 6.45) is -4.00. The smallest absolute Gasteiger partial charge is 0.357 e. The fourth-order valence-electron chi connectivity index (χ4n) is 2.90. The number of hydrogen-bond donors (Lipinski definition) is 2. The second kappa shape index (κ2) is 9.08. The van der Waals surface area contributed by atoms with E-state index < -0.39 is 12.6 Å². The van der Waals surface area contributed by atoms with Gasteiger partial charge in [-0.2, -0.15) is 13.2 Å². The Labute approximate surface area is 147 Å². The molecular formula is C18H27F3N4. The summed E-state index contributed by atoms with van der Waals surface area (Å²) in [7, 11) is 0. The molecule has 0 amide bonds.